The number of rotatable bonds is 3. The van der Waals surface area contributed by atoms with Crippen molar-refractivity contribution in [2.24, 2.45) is 0 Å². The van der Waals surface area contributed by atoms with Crippen LogP contribution in [0.5, 0.6) is 0 Å². The normalized spacial score (nSPS) is 11.0. The van der Waals surface area contributed by atoms with Gasteiger partial charge in [0.2, 0.25) is 5.82 Å². The Morgan fingerprint density at radius 1 is 0.893 bits per heavy atom. The lowest BCUT2D eigenvalue weighted by Crippen LogP contribution is -2.11. The van der Waals surface area contributed by atoms with E-state index >= 15 is 0 Å². The van der Waals surface area contributed by atoms with Crippen LogP contribution >= 0.6 is 0 Å². The third-order valence-electron chi connectivity index (χ3n) is 4.40. The Kier molecular flexibility index (Phi) is 3.76. The van der Waals surface area contributed by atoms with Gasteiger partial charge in [-0.25, -0.2) is 4.98 Å². The summed E-state index contributed by atoms with van der Waals surface area (Å²) in [6, 6.07) is 17.1. The van der Waals surface area contributed by atoms with E-state index in [2.05, 4.69) is 25.1 Å². The molecule has 0 radical (unpaired) electrons. The number of aromatic nitrogens is 5. The van der Waals surface area contributed by atoms with Crippen LogP contribution in [0.2, 0.25) is 0 Å². The third kappa shape index (κ3) is 2.84. The monoisotopic (exact) mass is 367 g/mol. The number of nitrogens with zero attached hydrogens (tertiary/aromatic N) is 4. The lowest BCUT2D eigenvalue weighted by Gasteiger charge is -2.00. The van der Waals surface area contributed by atoms with Crippen LogP contribution in [0.4, 0.5) is 0 Å². The first-order valence-corrected chi connectivity index (χ1v) is 8.61. The first-order valence-electron chi connectivity index (χ1n) is 8.61. The highest BCUT2D eigenvalue weighted by Gasteiger charge is 2.15. The summed E-state index contributed by atoms with van der Waals surface area (Å²) in [7, 11) is 0. The van der Waals surface area contributed by atoms with Crippen molar-refractivity contribution >= 4 is 10.8 Å². The van der Waals surface area contributed by atoms with E-state index in [1.807, 2.05) is 54.6 Å². The molecule has 0 saturated carbocycles. The molecule has 5 rings (SSSR count). The number of nitrogens with one attached hydrogen (secondary N) is 1. The largest absolute Gasteiger partial charge is 0.333 e. The van der Waals surface area contributed by atoms with Crippen molar-refractivity contribution in [3.63, 3.8) is 0 Å². The molecule has 2 aromatic carbocycles. The Balaban J connectivity index is 1.51. The van der Waals surface area contributed by atoms with Crippen molar-refractivity contribution in [3.05, 3.63) is 83.5 Å². The average molecular weight is 367 g/mol. The van der Waals surface area contributed by atoms with Crippen molar-refractivity contribution < 1.29 is 4.52 Å². The van der Waals surface area contributed by atoms with Gasteiger partial charge in [0.25, 0.3) is 11.4 Å². The Morgan fingerprint density at radius 2 is 1.79 bits per heavy atom. The van der Waals surface area contributed by atoms with E-state index in [4.69, 9.17) is 4.52 Å². The molecule has 0 aliphatic carbocycles. The number of H-pyrrole nitrogens is 1. The predicted molar refractivity (Wildman–Crippen MR) is 104 cm³/mol. The van der Waals surface area contributed by atoms with Crippen LogP contribution in [0.3, 0.4) is 0 Å². The fourth-order valence-electron chi connectivity index (χ4n) is 2.96. The van der Waals surface area contributed by atoms with Crippen molar-refractivity contribution in [3.8, 4) is 34.2 Å². The topological polar surface area (TPSA) is 97.6 Å². The van der Waals surface area contributed by atoms with Gasteiger partial charge in [-0.3, -0.25) is 9.78 Å². The molecule has 0 spiro atoms. The lowest BCUT2D eigenvalue weighted by atomic mass is 10.1. The zero-order chi connectivity index (χ0) is 18.9. The van der Waals surface area contributed by atoms with Crippen molar-refractivity contribution in [1.82, 2.24) is 25.1 Å². The molecule has 0 saturated heterocycles. The number of fused-ring (bicyclic) bond motifs is 1. The lowest BCUT2D eigenvalue weighted by molar-refractivity contribution is 0.431. The van der Waals surface area contributed by atoms with Gasteiger partial charge >= 0.3 is 0 Å². The second-order valence-electron chi connectivity index (χ2n) is 6.20. The van der Waals surface area contributed by atoms with Gasteiger partial charge in [0.15, 0.2) is 0 Å². The molecule has 0 aliphatic rings. The molecule has 1 N–H and O–H groups in total. The Hall–Kier alpha value is -4.13. The molecular weight excluding hydrogens is 354 g/mol. The van der Waals surface area contributed by atoms with E-state index < -0.39 is 0 Å². The molecule has 134 valence electrons. The highest BCUT2D eigenvalue weighted by molar-refractivity contribution is 5.85. The van der Waals surface area contributed by atoms with Crippen molar-refractivity contribution in [1.29, 1.82) is 0 Å². The van der Waals surface area contributed by atoms with Gasteiger partial charge in [0, 0.05) is 35.1 Å². The Bertz CT molecular complexity index is 1340. The van der Waals surface area contributed by atoms with E-state index in [1.165, 1.54) is 6.20 Å². The SMILES string of the molecule is O=c1[nH]c(-c2ccccc2)ncc1-c1nc(-c2ccc3ccncc3c2)no1. The molecule has 3 heterocycles. The Labute approximate surface area is 158 Å². The summed E-state index contributed by atoms with van der Waals surface area (Å²) < 4.78 is 5.31. The van der Waals surface area contributed by atoms with Crippen LogP contribution in [0.25, 0.3) is 45.0 Å². The van der Waals surface area contributed by atoms with Gasteiger partial charge in [-0.15, -0.1) is 0 Å². The smallest absolute Gasteiger partial charge is 0.265 e. The standard InChI is InChI=1S/C21H13N5O2/c27-20-17(12-23-18(24-20)14-4-2-1-3-5-14)21-25-19(26-28-21)15-7-6-13-8-9-22-11-16(13)10-15/h1-12H,(H,23,24,27). The minimum absolute atomic E-state index is 0.120. The summed E-state index contributed by atoms with van der Waals surface area (Å²) in [4.78, 5) is 28.1. The summed E-state index contributed by atoms with van der Waals surface area (Å²) in [5, 5.41) is 6.04. The van der Waals surface area contributed by atoms with Gasteiger partial charge < -0.3 is 9.51 Å². The molecule has 3 aromatic heterocycles. The summed E-state index contributed by atoms with van der Waals surface area (Å²) in [5.41, 5.74) is 1.48. The maximum Gasteiger partial charge on any atom is 0.265 e. The third-order valence-corrected chi connectivity index (χ3v) is 4.40. The molecule has 28 heavy (non-hydrogen) atoms. The Morgan fingerprint density at radius 3 is 2.64 bits per heavy atom. The molecule has 0 bridgehead atoms. The zero-order valence-corrected chi connectivity index (χ0v) is 14.5. The fourth-order valence-corrected chi connectivity index (χ4v) is 2.96. The van der Waals surface area contributed by atoms with Crippen LogP contribution in [-0.4, -0.2) is 25.1 Å². The summed E-state index contributed by atoms with van der Waals surface area (Å²) in [5.74, 6) is 0.998. The molecule has 0 atom stereocenters. The number of hydrogen-bond donors (Lipinski definition) is 1. The van der Waals surface area contributed by atoms with E-state index in [-0.39, 0.29) is 17.0 Å². The van der Waals surface area contributed by atoms with Crippen LogP contribution in [-0.2, 0) is 0 Å². The molecule has 0 amide bonds. The number of benzene rings is 2. The van der Waals surface area contributed by atoms with Gasteiger partial charge in [-0.2, -0.15) is 4.98 Å². The van der Waals surface area contributed by atoms with E-state index in [9.17, 15) is 4.79 Å². The summed E-state index contributed by atoms with van der Waals surface area (Å²) >= 11 is 0. The number of hydrogen-bond acceptors (Lipinski definition) is 6. The van der Waals surface area contributed by atoms with Crippen LogP contribution in [0, 0.1) is 0 Å². The van der Waals surface area contributed by atoms with Gasteiger partial charge in [0.05, 0.1) is 0 Å². The minimum Gasteiger partial charge on any atom is -0.333 e. The second kappa shape index (κ2) is 6.55. The fraction of sp³-hybridized carbons (Fsp3) is 0. The molecule has 7 nitrogen and oxygen atoms in total. The quantitative estimate of drug-likeness (QED) is 0.522. The summed E-state index contributed by atoms with van der Waals surface area (Å²) in [6.45, 7) is 0. The average Bonchev–Trinajstić information content (AvgIpc) is 3.24. The van der Waals surface area contributed by atoms with Crippen molar-refractivity contribution in [2.45, 2.75) is 0 Å². The van der Waals surface area contributed by atoms with Gasteiger partial charge in [0.1, 0.15) is 11.4 Å². The van der Waals surface area contributed by atoms with Gasteiger partial charge in [-0.1, -0.05) is 47.6 Å². The first-order chi connectivity index (χ1) is 13.8. The predicted octanol–water partition coefficient (Wildman–Crippen LogP) is 3.70. The highest BCUT2D eigenvalue weighted by Crippen LogP contribution is 2.24. The van der Waals surface area contributed by atoms with E-state index in [1.54, 1.807) is 12.4 Å². The first kappa shape index (κ1) is 16.1. The molecular formula is C21H13N5O2. The van der Waals surface area contributed by atoms with E-state index in [0.717, 1.165) is 21.9 Å². The van der Waals surface area contributed by atoms with Crippen molar-refractivity contribution in [2.75, 3.05) is 0 Å². The zero-order valence-electron chi connectivity index (χ0n) is 14.5. The molecule has 0 aliphatic heterocycles. The molecule has 7 heteroatoms. The van der Waals surface area contributed by atoms with Crippen LogP contribution in [0.15, 0.2) is 82.5 Å². The molecule has 5 aromatic rings. The maximum atomic E-state index is 12.5. The van der Waals surface area contributed by atoms with Crippen LogP contribution < -0.4 is 5.56 Å². The van der Waals surface area contributed by atoms with E-state index in [0.29, 0.717) is 11.6 Å². The highest BCUT2D eigenvalue weighted by atomic mass is 16.5. The van der Waals surface area contributed by atoms with Gasteiger partial charge in [-0.05, 0) is 17.5 Å². The second-order valence-corrected chi connectivity index (χ2v) is 6.20. The number of pyridine rings is 1. The maximum absolute atomic E-state index is 12.5. The van der Waals surface area contributed by atoms with Crippen LogP contribution in [0.1, 0.15) is 0 Å². The number of aromatic amines is 1. The minimum atomic E-state index is -0.341. The summed E-state index contributed by atoms with van der Waals surface area (Å²) in [6.07, 6.45) is 4.96. The molecule has 0 unspecified atom stereocenters. The molecule has 0 fully saturated rings.